The molecule has 28 heavy (non-hydrogen) atoms. The van der Waals surface area contributed by atoms with Crippen LogP contribution in [0.4, 0.5) is 4.39 Å². The lowest BCUT2D eigenvalue weighted by Gasteiger charge is -2.12. The summed E-state index contributed by atoms with van der Waals surface area (Å²) in [7, 11) is 0. The second kappa shape index (κ2) is 9.17. The van der Waals surface area contributed by atoms with E-state index in [0.717, 1.165) is 16.9 Å². The molecule has 0 saturated carbocycles. The molecule has 0 saturated heterocycles. The number of nitrogens with zero attached hydrogens (tertiary/aromatic N) is 2. The molecule has 0 fully saturated rings. The number of hydrogen-bond donors (Lipinski definition) is 2. The molecule has 0 bridgehead atoms. The van der Waals surface area contributed by atoms with Crippen molar-refractivity contribution < 1.29 is 14.3 Å². The number of carbonyl (C=O) groups excluding carboxylic acids is 1. The third-order valence-electron chi connectivity index (χ3n) is 4.57. The van der Waals surface area contributed by atoms with Gasteiger partial charge in [0.15, 0.2) is 0 Å². The molecule has 0 spiro atoms. The van der Waals surface area contributed by atoms with E-state index in [4.69, 9.17) is 11.6 Å². The van der Waals surface area contributed by atoms with Crippen LogP contribution >= 0.6 is 11.6 Å². The molecule has 7 heteroatoms. The highest BCUT2D eigenvalue weighted by Gasteiger charge is 2.15. The molecule has 0 radical (unpaired) electrons. The Morgan fingerprint density at radius 1 is 1.29 bits per heavy atom. The van der Waals surface area contributed by atoms with Crippen LogP contribution in [0.3, 0.4) is 0 Å². The predicted molar refractivity (Wildman–Crippen MR) is 108 cm³/mol. The first-order valence-corrected chi connectivity index (χ1v) is 9.65. The molecule has 3 rings (SSSR count). The molecule has 0 aliphatic rings. The summed E-state index contributed by atoms with van der Waals surface area (Å²) in [6, 6.07) is 12.3. The number of halogens is 2. The van der Waals surface area contributed by atoms with Crippen LogP contribution in [0.1, 0.15) is 31.2 Å². The van der Waals surface area contributed by atoms with Gasteiger partial charge in [-0.25, -0.2) is 9.37 Å². The zero-order valence-corrected chi connectivity index (χ0v) is 16.4. The lowest BCUT2D eigenvalue weighted by Crippen LogP contribution is -2.27. The van der Waals surface area contributed by atoms with Gasteiger partial charge < -0.3 is 15.0 Å². The van der Waals surface area contributed by atoms with Crippen molar-refractivity contribution in [2.45, 2.75) is 38.8 Å². The van der Waals surface area contributed by atoms with Crippen LogP contribution in [-0.2, 0) is 17.8 Å². The van der Waals surface area contributed by atoms with Crippen LogP contribution < -0.4 is 5.32 Å². The molecule has 0 aliphatic heterocycles. The van der Waals surface area contributed by atoms with Crippen molar-refractivity contribution in [1.29, 1.82) is 0 Å². The fourth-order valence-corrected chi connectivity index (χ4v) is 3.30. The second-order valence-corrected chi connectivity index (χ2v) is 7.20. The highest BCUT2D eigenvalue weighted by Crippen LogP contribution is 2.24. The van der Waals surface area contributed by atoms with Crippen molar-refractivity contribution >= 4 is 28.5 Å². The summed E-state index contributed by atoms with van der Waals surface area (Å²) in [6.07, 6.45) is 0.705. The minimum atomic E-state index is -0.500. The van der Waals surface area contributed by atoms with Crippen LogP contribution in [0, 0.1) is 5.82 Å². The van der Waals surface area contributed by atoms with E-state index in [0.29, 0.717) is 30.0 Å². The van der Waals surface area contributed by atoms with Crippen LogP contribution in [0.2, 0.25) is 5.02 Å². The van der Waals surface area contributed by atoms with Gasteiger partial charge in [-0.3, -0.25) is 4.79 Å². The first kappa shape index (κ1) is 20.3. The number of aliphatic hydroxyl groups is 1. The number of para-hydroxylation sites is 2. The normalized spacial score (nSPS) is 12.3. The Kier molecular flexibility index (Phi) is 6.65. The standard InChI is InChI=1S/C21H23ClFN3O2/c1-14(27)9-10-21(28)24-12-11-20-25-18-7-2-3-8-19(18)26(20)13-15-16(22)5-4-6-17(15)23/h2-8,14,27H,9-13H2,1H3,(H,24,28). The third-order valence-corrected chi connectivity index (χ3v) is 4.93. The smallest absolute Gasteiger partial charge is 0.220 e. The summed E-state index contributed by atoms with van der Waals surface area (Å²) in [5.41, 5.74) is 2.11. The lowest BCUT2D eigenvalue weighted by atomic mass is 10.2. The minimum absolute atomic E-state index is 0.110. The van der Waals surface area contributed by atoms with Gasteiger partial charge in [0.05, 0.1) is 23.7 Å². The SMILES string of the molecule is CC(O)CCC(=O)NCCc1nc2ccccc2n1Cc1c(F)cccc1Cl. The zero-order chi connectivity index (χ0) is 20.1. The number of nitrogens with one attached hydrogen (secondary N) is 1. The number of imidazole rings is 1. The van der Waals surface area contributed by atoms with Crippen LogP contribution in [-0.4, -0.2) is 33.2 Å². The van der Waals surface area contributed by atoms with E-state index in [9.17, 15) is 14.3 Å². The number of rotatable bonds is 8. The Balaban J connectivity index is 1.79. The molecule has 2 N–H and O–H groups in total. The molecule has 0 aliphatic carbocycles. The van der Waals surface area contributed by atoms with E-state index in [1.165, 1.54) is 6.07 Å². The largest absolute Gasteiger partial charge is 0.393 e. The number of aromatic nitrogens is 2. The van der Waals surface area contributed by atoms with E-state index in [1.54, 1.807) is 19.1 Å². The number of benzene rings is 2. The fraction of sp³-hybridized carbons (Fsp3) is 0.333. The molecule has 148 valence electrons. The number of hydrogen-bond acceptors (Lipinski definition) is 3. The highest BCUT2D eigenvalue weighted by molar-refractivity contribution is 6.31. The van der Waals surface area contributed by atoms with Gasteiger partial charge in [0.2, 0.25) is 5.91 Å². The molecule has 1 heterocycles. The van der Waals surface area contributed by atoms with Crippen LogP contribution in [0.5, 0.6) is 0 Å². The average Bonchev–Trinajstić information content (AvgIpc) is 3.00. The quantitative estimate of drug-likeness (QED) is 0.602. The van der Waals surface area contributed by atoms with Crippen LogP contribution in [0.15, 0.2) is 42.5 Å². The Bertz CT molecular complexity index is 951. The fourth-order valence-electron chi connectivity index (χ4n) is 3.08. The first-order chi connectivity index (χ1) is 13.5. The van der Waals surface area contributed by atoms with Crippen molar-refractivity contribution in [3.05, 3.63) is 64.7 Å². The molecule has 1 amide bonds. The van der Waals surface area contributed by atoms with Gasteiger partial charge in [0.1, 0.15) is 11.6 Å². The molecule has 5 nitrogen and oxygen atoms in total. The number of carbonyl (C=O) groups is 1. The van der Waals surface area contributed by atoms with Gasteiger partial charge in [0, 0.05) is 30.0 Å². The monoisotopic (exact) mass is 403 g/mol. The molecule has 1 aromatic heterocycles. The Morgan fingerprint density at radius 3 is 2.82 bits per heavy atom. The maximum Gasteiger partial charge on any atom is 0.220 e. The number of aliphatic hydroxyl groups excluding tert-OH is 1. The zero-order valence-electron chi connectivity index (χ0n) is 15.7. The van der Waals surface area contributed by atoms with Gasteiger partial charge in [-0.15, -0.1) is 0 Å². The predicted octanol–water partition coefficient (Wildman–Crippen LogP) is 3.70. The molecule has 3 aromatic rings. The summed E-state index contributed by atoms with van der Waals surface area (Å²) in [4.78, 5) is 16.5. The van der Waals surface area contributed by atoms with E-state index in [-0.39, 0.29) is 24.7 Å². The number of fused-ring (bicyclic) bond motifs is 1. The van der Waals surface area contributed by atoms with E-state index < -0.39 is 6.10 Å². The Hall–Kier alpha value is -2.44. The molecule has 1 atom stereocenters. The maximum absolute atomic E-state index is 14.3. The van der Waals surface area contributed by atoms with Gasteiger partial charge in [0.25, 0.3) is 0 Å². The summed E-state index contributed by atoms with van der Waals surface area (Å²) >= 11 is 6.20. The van der Waals surface area contributed by atoms with Crippen molar-refractivity contribution in [2.75, 3.05) is 6.54 Å². The van der Waals surface area contributed by atoms with Crippen molar-refractivity contribution in [3.63, 3.8) is 0 Å². The van der Waals surface area contributed by atoms with Gasteiger partial charge in [-0.1, -0.05) is 29.8 Å². The maximum atomic E-state index is 14.3. The average molecular weight is 404 g/mol. The van der Waals surface area contributed by atoms with Gasteiger partial charge in [-0.05, 0) is 37.6 Å². The summed E-state index contributed by atoms with van der Waals surface area (Å²) in [6.45, 7) is 2.33. The van der Waals surface area contributed by atoms with Gasteiger partial charge >= 0.3 is 0 Å². The third kappa shape index (κ3) is 4.88. The van der Waals surface area contributed by atoms with E-state index in [2.05, 4.69) is 10.3 Å². The first-order valence-electron chi connectivity index (χ1n) is 9.27. The summed E-state index contributed by atoms with van der Waals surface area (Å²) in [5, 5.41) is 12.5. The minimum Gasteiger partial charge on any atom is -0.393 e. The summed E-state index contributed by atoms with van der Waals surface area (Å²) < 4.78 is 16.2. The summed E-state index contributed by atoms with van der Waals surface area (Å²) in [5.74, 6) is 0.278. The van der Waals surface area contributed by atoms with Crippen molar-refractivity contribution in [2.24, 2.45) is 0 Å². The van der Waals surface area contributed by atoms with Crippen molar-refractivity contribution in [3.8, 4) is 0 Å². The molecule has 2 aromatic carbocycles. The topological polar surface area (TPSA) is 67.2 Å². The molecular weight excluding hydrogens is 381 g/mol. The van der Waals surface area contributed by atoms with E-state index in [1.807, 2.05) is 28.8 Å². The second-order valence-electron chi connectivity index (χ2n) is 6.79. The van der Waals surface area contributed by atoms with E-state index >= 15 is 0 Å². The Morgan fingerprint density at radius 2 is 2.07 bits per heavy atom. The number of amides is 1. The molecule has 1 unspecified atom stereocenters. The molecular formula is C21H23ClFN3O2. The van der Waals surface area contributed by atoms with Crippen LogP contribution in [0.25, 0.3) is 11.0 Å². The lowest BCUT2D eigenvalue weighted by molar-refractivity contribution is -0.121. The highest BCUT2D eigenvalue weighted by atomic mass is 35.5. The Labute approximate surface area is 168 Å². The van der Waals surface area contributed by atoms with Gasteiger partial charge in [-0.2, -0.15) is 0 Å². The van der Waals surface area contributed by atoms with Crippen molar-refractivity contribution in [1.82, 2.24) is 14.9 Å².